The first-order valence-corrected chi connectivity index (χ1v) is 8.67. The van der Waals surface area contributed by atoms with Crippen LogP contribution in [0.2, 0.25) is 0 Å². The Balaban J connectivity index is 1.54. The number of nitrogens with one attached hydrogen (secondary N) is 1. The number of aromatic nitrogens is 3. The molecular formula is C20H16F2N4O2. The predicted octanol–water partition coefficient (Wildman–Crippen LogP) is 2.79. The van der Waals surface area contributed by atoms with Crippen LogP contribution in [0, 0.1) is 11.6 Å². The van der Waals surface area contributed by atoms with E-state index >= 15 is 0 Å². The Morgan fingerprint density at radius 3 is 2.43 bits per heavy atom. The number of anilines is 1. The quantitative estimate of drug-likeness (QED) is 0.753. The molecular weight excluding hydrogens is 366 g/mol. The van der Waals surface area contributed by atoms with Crippen molar-refractivity contribution in [3.05, 3.63) is 87.5 Å². The summed E-state index contributed by atoms with van der Waals surface area (Å²) in [6.07, 6.45) is 3.25. The first kappa shape index (κ1) is 18.0. The summed E-state index contributed by atoms with van der Waals surface area (Å²) in [6, 6.07) is 10.0. The molecule has 0 saturated heterocycles. The SMILES string of the molecule is Cn1nc(C(=O)Nc2ccc(C3(c4ccc(F)c(F)c4)CC3)cn2)ccc1=O. The lowest BCUT2D eigenvalue weighted by molar-refractivity contribution is 0.101. The molecule has 1 N–H and O–H groups in total. The third kappa shape index (κ3) is 3.17. The average Bonchev–Trinajstić information content (AvgIpc) is 3.48. The molecule has 8 heteroatoms. The molecule has 6 nitrogen and oxygen atoms in total. The van der Waals surface area contributed by atoms with E-state index in [1.165, 1.54) is 25.2 Å². The third-order valence-corrected chi connectivity index (χ3v) is 4.97. The van der Waals surface area contributed by atoms with Crippen molar-refractivity contribution in [2.24, 2.45) is 7.05 Å². The molecule has 0 bridgehead atoms. The van der Waals surface area contributed by atoms with Crippen LogP contribution in [-0.4, -0.2) is 20.7 Å². The number of carbonyl (C=O) groups excluding carboxylic acids is 1. The second kappa shape index (κ2) is 6.63. The van der Waals surface area contributed by atoms with Gasteiger partial charge in [0.25, 0.3) is 11.5 Å². The number of rotatable bonds is 4. The van der Waals surface area contributed by atoms with Crippen molar-refractivity contribution >= 4 is 11.7 Å². The molecule has 0 radical (unpaired) electrons. The summed E-state index contributed by atoms with van der Waals surface area (Å²) in [5.41, 5.74) is 0.985. The predicted molar refractivity (Wildman–Crippen MR) is 98.0 cm³/mol. The maximum Gasteiger partial charge on any atom is 0.277 e. The maximum absolute atomic E-state index is 13.6. The van der Waals surface area contributed by atoms with Gasteiger partial charge in [0.15, 0.2) is 11.6 Å². The first-order valence-electron chi connectivity index (χ1n) is 8.67. The Morgan fingerprint density at radius 2 is 1.82 bits per heavy atom. The van der Waals surface area contributed by atoms with E-state index in [2.05, 4.69) is 15.4 Å². The number of nitrogens with zero attached hydrogens (tertiary/aromatic N) is 3. The molecule has 0 spiro atoms. The Bertz CT molecular complexity index is 1120. The zero-order valence-electron chi connectivity index (χ0n) is 14.9. The van der Waals surface area contributed by atoms with Gasteiger partial charge in [-0.3, -0.25) is 9.59 Å². The van der Waals surface area contributed by atoms with Crippen molar-refractivity contribution in [1.29, 1.82) is 0 Å². The zero-order valence-corrected chi connectivity index (χ0v) is 14.9. The molecule has 1 fully saturated rings. The number of halogens is 2. The van der Waals surface area contributed by atoms with E-state index in [-0.39, 0.29) is 16.7 Å². The van der Waals surface area contributed by atoms with Gasteiger partial charge in [0, 0.05) is 24.7 Å². The van der Waals surface area contributed by atoms with Crippen LogP contribution in [0.5, 0.6) is 0 Å². The highest BCUT2D eigenvalue weighted by atomic mass is 19.2. The van der Waals surface area contributed by atoms with Gasteiger partial charge >= 0.3 is 0 Å². The lowest BCUT2D eigenvalue weighted by atomic mass is 9.89. The van der Waals surface area contributed by atoms with E-state index in [1.807, 2.05) is 6.07 Å². The summed E-state index contributed by atoms with van der Waals surface area (Å²) >= 11 is 0. The monoisotopic (exact) mass is 382 g/mol. The molecule has 3 aromatic rings. The fraction of sp³-hybridized carbons (Fsp3) is 0.200. The molecule has 1 aliphatic carbocycles. The van der Waals surface area contributed by atoms with Gasteiger partial charge in [0.1, 0.15) is 11.5 Å². The first-order chi connectivity index (χ1) is 13.4. The van der Waals surface area contributed by atoms with Crippen LogP contribution in [0.25, 0.3) is 0 Å². The van der Waals surface area contributed by atoms with Crippen molar-refractivity contribution in [1.82, 2.24) is 14.8 Å². The van der Waals surface area contributed by atoms with Crippen LogP contribution in [0.4, 0.5) is 14.6 Å². The fourth-order valence-electron chi connectivity index (χ4n) is 3.22. The summed E-state index contributed by atoms with van der Waals surface area (Å²) in [7, 11) is 1.46. The van der Waals surface area contributed by atoms with E-state index in [0.29, 0.717) is 11.4 Å². The summed E-state index contributed by atoms with van der Waals surface area (Å²) in [6.45, 7) is 0. The maximum atomic E-state index is 13.6. The molecule has 142 valence electrons. The fourth-order valence-corrected chi connectivity index (χ4v) is 3.22. The zero-order chi connectivity index (χ0) is 19.9. The number of carbonyl (C=O) groups is 1. The van der Waals surface area contributed by atoms with E-state index in [4.69, 9.17) is 0 Å². The van der Waals surface area contributed by atoms with Crippen LogP contribution in [0.15, 0.2) is 53.5 Å². The molecule has 0 unspecified atom stereocenters. The van der Waals surface area contributed by atoms with Crippen molar-refractivity contribution < 1.29 is 13.6 Å². The van der Waals surface area contributed by atoms with Crippen LogP contribution in [0.1, 0.15) is 34.5 Å². The van der Waals surface area contributed by atoms with Gasteiger partial charge in [-0.2, -0.15) is 5.10 Å². The van der Waals surface area contributed by atoms with E-state index < -0.39 is 17.5 Å². The van der Waals surface area contributed by atoms with Crippen LogP contribution >= 0.6 is 0 Å². The molecule has 28 heavy (non-hydrogen) atoms. The second-order valence-electron chi connectivity index (χ2n) is 6.78. The number of pyridine rings is 1. The van der Waals surface area contributed by atoms with Gasteiger partial charge in [-0.15, -0.1) is 0 Å². The highest BCUT2D eigenvalue weighted by Gasteiger charge is 2.46. The van der Waals surface area contributed by atoms with E-state index in [1.54, 1.807) is 18.3 Å². The minimum absolute atomic E-state index is 0.0911. The number of hydrogen-bond acceptors (Lipinski definition) is 4. The molecule has 4 rings (SSSR count). The lowest BCUT2D eigenvalue weighted by Crippen LogP contribution is -2.23. The summed E-state index contributed by atoms with van der Waals surface area (Å²) in [5.74, 6) is -1.91. The van der Waals surface area contributed by atoms with E-state index in [0.717, 1.165) is 29.2 Å². The molecule has 1 aromatic carbocycles. The van der Waals surface area contributed by atoms with Crippen molar-refractivity contribution in [2.45, 2.75) is 18.3 Å². The largest absolute Gasteiger partial charge is 0.305 e. The Kier molecular flexibility index (Phi) is 4.26. The molecule has 1 aliphatic rings. The number of benzene rings is 1. The minimum Gasteiger partial charge on any atom is -0.305 e. The molecule has 0 atom stereocenters. The smallest absolute Gasteiger partial charge is 0.277 e. The molecule has 0 aliphatic heterocycles. The Morgan fingerprint density at radius 1 is 1.07 bits per heavy atom. The van der Waals surface area contributed by atoms with Crippen LogP contribution in [-0.2, 0) is 12.5 Å². The minimum atomic E-state index is -0.872. The van der Waals surface area contributed by atoms with Crippen molar-refractivity contribution in [3.63, 3.8) is 0 Å². The summed E-state index contributed by atoms with van der Waals surface area (Å²) in [4.78, 5) is 27.9. The van der Waals surface area contributed by atoms with Gasteiger partial charge in [-0.1, -0.05) is 12.1 Å². The lowest BCUT2D eigenvalue weighted by Gasteiger charge is -2.16. The highest BCUT2D eigenvalue weighted by molar-refractivity contribution is 6.02. The molecule has 2 aromatic heterocycles. The number of aryl methyl sites for hydroxylation is 1. The molecule has 2 heterocycles. The summed E-state index contributed by atoms with van der Waals surface area (Å²) in [5, 5.41) is 6.51. The average molecular weight is 382 g/mol. The number of amides is 1. The van der Waals surface area contributed by atoms with Crippen molar-refractivity contribution in [2.75, 3.05) is 5.32 Å². The molecule has 1 amide bonds. The highest BCUT2D eigenvalue weighted by Crippen LogP contribution is 2.53. The van der Waals surface area contributed by atoms with Crippen LogP contribution < -0.4 is 10.9 Å². The van der Waals surface area contributed by atoms with Gasteiger partial charge in [-0.05, 0) is 48.2 Å². The van der Waals surface area contributed by atoms with Gasteiger partial charge in [-0.25, -0.2) is 18.4 Å². The topological polar surface area (TPSA) is 76.9 Å². The van der Waals surface area contributed by atoms with Gasteiger partial charge in [0.05, 0.1) is 0 Å². The van der Waals surface area contributed by atoms with E-state index in [9.17, 15) is 18.4 Å². The normalized spacial score (nSPS) is 14.5. The van der Waals surface area contributed by atoms with Gasteiger partial charge in [0.2, 0.25) is 0 Å². The van der Waals surface area contributed by atoms with Gasteiger partial charge < -0.3 is 5.32 Å². The standard InChI is InChI=1S/C20H16F2N4O2/c1-26-18(27)7-5-16(25-26)19(28)24-17-6-3-13(11-23-17)20(8-9-20)12-2-4-14(21)15(22)10-12/h2-7,10-11H,8-9H2,1H3,(H,23,24,28). The van der Waals surface area contributed by atoms with Crippen molar-refractivity contribution in [3.8, 4) is 0 Å². The summed E-state index contributed by atoms with van der Waals surface area (Å²) < 4.78 is 27.9. The molecule has 1 saturated carbocycles. The van der Waals surface area contributed by atoms with Crippen LogP contribution in [0.3, 0.4) is 0 Å². The number of hydrogen-bond donors (Lipinski definition) is 1. The Labute approximate surface area is 158 Å². The third-order valence-electron chi connectivity index (χ3n) is 4.97. The second-order valence-corrected chi connectivity index (χ2v) is 6.78. The Hall–Kier alpha value is -3.42.